The molecule has 0 aromatic heterocycles. The molecule has 0 N–H and O–H groups in total. The van der Waals surface area contributed by atoms with Crippen LogP contribution in [-0.4, -0.2) is 17.5 Å². The fourth-order valence-corrected chi connectivity index (χ4v) is 16.8. The maximum atomic E-state index is 13.7. The van der Waals surface area contributed by atoms with E-state index in [0.717, 1.165) is 66.3 Å². The van der Waals surface area contributed by atoms with E-state index in [1.54, 1.807) is 12.2 Å². The van der Waals surface area contributed by atoms with Gasteiger partial charge in [0.1, 0.15) is 23.7 Å². The highest BCUT2D eigenvalue weighted by molar-refractivity contribution is 5.88. The SMILES string of the molecule is [C-]#[N+]/C(C#N)=C1C=C(/C=C/c2ccc(-c3ccc4c(c3)C(CCCCCC)(CCCCCC)c3cc(-c5ccc(C)cc5)ccc3-4)cc2)OC(/C=C/c2ccc(-c3ccc4c(c3)C(CCCCCC)(CCCCCC)c3cc(-c5ccc(COC(=O)C(CC(C)(C)C(=O)OC(C)(C)C)C(C)C)cc5)ccc3-4)cc2)=C\1. The number of aryl methyl sites for hydroxylation is 1. The number of ether oxygens (including phenoxy) is 3. The Bertz CT molecular complexity index is 4700. The van der Waals surface area contributed by atoms with Crippen molar-refractivity contribution in [3.8, 4) is 72.8 Å². The third kappa shape index (κ3) is 19.3. The van der Waals surface area contributed by atoms with Gasteiger partial charge in [0.2, 0.25) is 0 Å². The summed E-state index contributed by atoms with van der Waals surface area (Å²) in [6.07, 6.45) is 35.6. The summed E-state index contributed by atoms with van der Waals surface area (Å²) in [7, 11) is 0. The first kappa shape index (κ1) is 80.2. The fraction of sp³-hybridized carbons (Fsp3) is 0.392. The average molecular weight is 1450 g/mol. The summed E-state index contributed by atoms with van der Waals surface area (Å²) < 4.78 is 18.3. The molecule has 109 heavy (non-hydrogen) atoms. The molecule has 1 unspecified atom stereocenters. The van der Waals surface area contributed by atoms with Crippen molar-refractivity contribution in [1.29, 1.82) is 5.26 Å². The Hall–Kier alpha value is -9.82. The van der Waals surface area contributed by atoms with Crippen molar-refractivity contribution in [1.82, 2.24) is 0 Å². The van der Waals surface area contributed by atoms with Crippen molar-refractivity contribution in [2.45, 2.75) is 241 Å². The van der Waals surface area contributed by atoms with Crippen LogP contribution >= 0.6 is 0 Å². The van der Waals surface area contributed by atoms with Crippen molar-refractivity contribution in [2.75, 3.05) is 0 Å². The number of benzene rings is 8. The van der Waals surface area contributed by atoms with E-state index in [0.29, 0.717) is 23.5 Å². The number of carbonyl (C=O) groups is 2. The molecule has 8 aromatic rings. The molecule has 7 nitrogen and oxygen atoms in total. The number of fused-ring (bicyclic) bond motifs is 6. The lowest BCUT2D eigenvalue weighted by Crippen LogP contribution is -2.37. The van der Waals surface area contributed by atoms with Crippen LogP contribution in [0.1, 0.15) is 256 Å². The molecule has 0 saturated heterocycles. The van der Waals surface area contributed by atoms with E-state index < -0.39 is 16.9 Å². The summed E-state index contributed by atoms with van der Waals surface area (Å²) in [5, 5.41) is 10.1. The van der Waals surface area contributed by atoms with Gasteiger partial charge in [-0.1, -0.05) is 308 Å². The lowest BCUT2D eigenvalue weighted by molar-refractivity contribution is -0.168. The van der Waals surface area contributed by atoms with Crippen LogP contribution in [0.3, 0.4) is 0 Å². The molecule has 1 atom stereocenters. The molecule has 0 radical (unpaired) electrons. The summed E-state index contributed by atoms with van der Waals surface area (Å²) in [5.74, 6) is -0.0211. The molecular weight excluding hydrogens is 1330 g/mol. The van der Waals surface area contributed by atoms with E-state index in [1.807, 2.05) is 72.8 Å². The molecule has 564 valence electrons. The Kier molecular flexibility index (Phi) is 26.9. The molecule has 7 heteroatoms. The number of esters is 2. The Morgan fingerprint density at radius 2 is 0.835 bits per heavy atom. The maximum absolute atomic E-state index is 13.7. The first-order valence-electron chi connectivity index (χ1n) is 41.0. The van der Waals surface area contributed by atoms with Crippen LogP contribution in [-0.2, 0) is 41.2 Å². The molecule has 8 aromatic carbocycles. The van der Waals surface area contributed by atoms with Gasteiger partial charge in [-0.15, -0.1) is 0 Å². The second kappa shape index (κ2) is 36.6. The van der Waals surface area contributed by atoms with Crippen LogP contribution in [0.5, 0.6) is 0 Å². The maximum Gasteiger partial charge on any atom is 0.312 e. The van der Waals surface area contributed by atoms with E-state index in [4.69, 9.17) is 20.8 Å². The van der Waals surface area contributed by atoms with Crippen LogP contribution in [0.2, 0.25) is 0 Å². The number of hydrogen-bond acceptors (Lipinski definition) is 6. The van der Waals surface area contributed by atoms with Gasteiger partial charge in [-0.2, -0.15) is 0 Å². The predicted molar refractivity (Wildman–Crippen MR) is 454 cm³/mol. The monoisotopic (exact) mass is 1450 g/mol. The highest BCUT2D eigenvalue weighted by atomic mass is 16.6. The zero-order valence-electron chi connectivity index (χ0n) is 67.3. The van der Waals surface area contributed by atoms with Crippen molar-refractivity contribution < 1.29 is 23.8 Å². The number of allylic oxidation sites excluding steroid dienone is 6. The van der Waals surface area contributed by atoms with E-state index in [-0.39, 0.29) is 41.0 Å². The van der Waals surface area contributed by atoms with Gasteiger partial charge in [-0.05, 0) is 239 Å². The lowest BCUT2D eigenvalue weighted by atomic mass is 9.70. The van der Waals surface area contributed by atoms with Crippen LogP contribution < -0.4 is 0 Å². The number of nitrogens with zero attached hydrogens (tertiary/aromatic N) is 2. The van der Waals surface area contributed by atoms with Gasteiger partial charge < -0.3 is 14.2 Å². The van der Waals surface area contributed by atoms with Crippen molar-refractivity contribution >= 4 is 24.1 Å². The molecule has 1 heterocycles. The zero-order valence-corrected chi connectivity index (χ0v) is 67.3. The van der Waals surface area contributed by atoms with Gasteiger partial charge in [-0.25, -0.2) is 10.1 Å². The number of rotatable bonds is 35. The Morgan fingerprint density at radius 1 is 0.486 bits per heavy atom. The minimum atomic E-state index is -0.854. The summed E-state index contributed by atoms with van der Waals surface area (Å²) in [5.41, 5.74) is 23.8. The van der Waals surface area contributed by atoms with Gasteiger partial charge in [0.15, 0.2) is 0 Å². The van der Waals surface area contributed by atoms with Gasteiger partial charge in [0, 0.05) is 10.8 Å². The van der Waals surface area contributed by atoms with E-state index in [9.17, 15) is 14.9 Å². The molecule has 1 aliphatic heterocycles. The summed E-state index contributed by atoms with van der Waals surface area (Å²) in [4.78, 5) is 30.5. The van der Waals surface area contributed by atoms with Crippen molar-refractivity contribution in [3.05, 3.63) is 273 Å². The molecule has 0 bridgehead atoms. The third-order valence-electron chi connectivity index (χ3n) is 23.1. The Labute approximate surface area is 653 Å². The molecular formula is C102H116N2O5. The van der Waals surface area contributed by atoms with Crippen molar-refractivity contribution in [3.63, 3.8) is 0 Å². The molecule has 0 saturated carbocycles. The second-order valence-electron chi connectivity index (χ2n) is 33.2. The molecule has 3 aliphatic rings. The molecule has 11 rings (SSSR count). The fourth-order valence-electron chi connectivity index (χ4n) is 16.8. The van der Waals surface area contributed by atoms with Crippen LogP contribution in [0.25, 0.3) is 83.8 Å². The van der Waals surface area contributed by atoms with E-state index in [2.05, 4.69) is 215 Å². The Balaban J connectivity index is 0.802. The van der Waals surface area contributed by atoms with E-state index >= 15 is 0 Å². The van der Waals surface area contributed by atoms with Crippen molar-refractivity contribution in [2.24, 2.45) is 17.3 Å². The number of unbranched alkanes of at least 4 members (excludes halogenated alkanes) is 12. The highest BCUT2D eigenvalue weighted by Crippen LogP contribution is 2.58. The number of carbonyl (C=O) groups excluding carboxylic acids is 2. The number of nitriles is 1. The van der Waals surface area contributed by atoms with Crippen LogP contribution in [0.15, 0.2) is 217 Å². The molecule has 2 aliphatic carbocycles. The number of hydrogen-bond donors (Lipinski definition) is 0. The lowest BCUT2D eigenvalue weighted by Gasteiger charge is -2.33. The Morgan fingerprint density at radius 3 is 1.17 bits per heavy atom. The zero-order chi connectivity index (χ0) is 77.3. The van der Waals surface area contributed by atoms with E-state index in [1.165, 1.54) is 173 Å². The topological polar surface area (TPSA) is 90.0 Å². The quantitative estimate of drug-likeness (QED) is 0.0170. The predicted octanol–water partition coefficient (Wildman–Crippen LogP) is 28.4. The summed E-state index contributed by atoms with van der Waals surface area (Å²) in [6, 6.07) is 65.9. The van der Waals surface area contributed by atoms with Gasteiger partial charge >= 0.3 is 11.9 Å². The van der Waals surface area contributed by atoms with Gasteiger partial charge in [-0.3, -0.25) is 9.59 Å². The van der Waals surface area contributed by atoms with Gasteiger partial charge in [0.25, 0.3) is 5.70 Å². The minimum Gasteiger partial charge on any atom is -0.461 e. The first-order valence-corrected chi connectivity index (χ1v) is 41.0. The normalized spacial score (nSPS) is 14.8. The minimum absolute atomic E-state index is 0.00685. The molecule has 0 spiro atoms. The average Bonchev–Trinajstić information content (AvgIpc) is 1.57. The van der Waals surface area contributed by atoms with Crippen LogP contribution in [0.4, 0.5) is 0 Å². The largest absolute Gasteiger partial charge is 0.461 e. The first-order chi connectivity index (χ1) is 52.6. The molecule has 0 fully saturated rings. The highest BCUT2D eigenvalue weighted by Gasteiger charge is 2.45. The molecule has 0 amide bonds. The summed E-state index contributed by atoms with van der Waals surface area (Å²) >= 11 is 0. The standard InChI is InChI=1S/C102H116N2O5/c1-14-18-22-26-58-101(59-27-23-19-15-2)92-64-80(76-40-30-72(7)31-41-76)48-54-87(92)88-55-49-81(65-93(88)101)77-42-32-73(33-43-77)38-52-85-62-84(96(69-103)104-13)63-86(108-85)53-39-74-34-44-78(45-35-74)82-50-56-89-90-57-51-83(67-95(90)102(94(89)66-82,60-28-24-20-16-3)61-29-25-21-17-4)79-46-36-75(37-47-79)70-107-97(105)91(71(5)6)68-100(11,12)98(106)109-99(8,9)10/h30-57,62-67,71,91H,14-29,58-61,68,70H2,1-12H3/b52-38+,53-39+,96-84+. The summed E-state index contributed by atoms with van der Waals surface area (Å²) in [6.45, 7) is 32.7. The smallest absolute Gasteiger partial charge is 0.312 e. The van der Waals surface area contributed by atoms with Gasteiger partial charge in [0.05, 0.1) is 24.0 Å². The second-order valence-corrected chi connectivity index (χ2v) is 33.2. The van der Waals surface area contributed by atoms with Crippen LogP contribution in [0, 0.1) is 42.1 Å². The third-order valence-corrected chi connectivity index (χ3v) is 23.1.